The molecule has 7 nitrogen and oxygen atoms in total. The highest BCUT2D eigenvalue weighted by atomic mass is 16.5. The number of esters is 1. The number of aromatic nitrogens is 1. The normalized spacial score (nSPS) is 11.9. The first-order valence-corrected chi connectivity index (χ1v) is 5.85. The molecule has 3 N–H and O–H groups in total. The highest BCUT2D eigenvalue weighted by Gasteiger charge is 2.20. The van der Waals surface area contributed by atoms with Gasteiger partial charge in [-0.15, -0.1) is 0 Å². The minimum absolute atomic E-state index is 0.300. The van der Waals surface area contributed by atoms with Gasteiger partial charge in [0.2, 0.25) is 0 Å². The number of aryl methyl sites for hydroxylation is 1. The summed E-state index contributed by atoms with van der Waals surface area (Å²) in [6.45, 7) is 2.28. The lowest BCUT2D eigenvalue weighted by Gasteiger charge is -2.13. The number of carbonyl (C=O) groups excluding carboxylic acids is 2. The van der Waals surface area contributed by atoms with Crippen LogP contribution in [0.4, 0.5) is 5.69 Å². The van der Waals surface area contributed by atoms with E-state index in [1.54, 1.807) is 17.8 Å². The average molecular weight is 269 g/mol. The first-order chi connectivity index (χ1) is 8.95. The van der Waals surface area contributed by atoms with E-state index in [9.17, 15) is 9.59 Å². The number of hydrogen-bond acceptors (Lipinski definition) is 5. The number of nitrogens with two attached hydrogens (primary N) is 1. The Morgan fingerprint density at radius 3 is 2.74 bits per heavy atom. The fraction of sp³-hybridized carbons (Fsp3) is 0.500. The van der Waals surface area contributed by atoms with Crippen LogP contribution in [-0.2, 0) is 21.3 Å². The third-order valence-corrected chi connectivity index (χ3v) is 2.49. The molecule has 0 aliphatic carbocycles. The first-order valence-electron chi connectivity index (χ1n) is 5.85. The molecule has 1 heterocycles. The molecule has 1 unspecified atom stereocenters. The number of nitrogens with one attached hydrogen (secondary N) is 1. The second kappa shape index (κ2) is 6.79. The highest BCUT2D eigenvalue weighted by molar-refractivity contribution is 5.91. The van der Waals surface area contributed by atoms with E-state index in [1.807, 2.05) is 0 Å². The Kier molecular flexibility index (Phi) is 5.37. The van der Waals surface area contributed by atoms with Crippen molar-refractivity contribution in [1.29, 1.82) is 0 Å². The predicted molar refractivity (Wildman–Crippen MR) is 69.6 cm³/mol. The van der Waals surface area contributed by atoms with Gasteiger partial charge in [-0.1, -0.05) is 0 Å². The molecule has 0 radical (unpaired) electrons. The van der Waals surface area contributed by atoms with Crippen molar-refractivity contribution in [3.8, 4) is 0 Å². The second-order valence-corrected chi connectivity index (χ2v) is 4.10. The Balaban J connectivity index is 2.52. The summed E-state index contributed by atoms with van der Waals surface area (Å²) in [5.41, 5.74) is 6.33. The molecule has 0 saturated carbocycles. The van der Waals surface area contributed by atoms with Gasteiger partial charge in [-0.05, 0) is 13.0 Å². The number of methoxy groups -OCH3 is 1. The summed E-state index contributed by atoms with van der Waals surface area (Å²) in [6.07, 6.45) is 0.723. The molecule has 0 aliphatic rings. The summed E-state index contributed by atoms with van der Waals surface area (Å²) in [5.74, 6) is -0.957. The Hall–Kier alpha value is -2.02. The van der Waals surface area contributed by atoms with E-state index < -0.39 is 12.1 Å². The lowest BCUT2D eigenvalue weighted by Crippen LogP contribution is -2.37. The third-order valence-electron chi connectivity index (χ3n) is 2.49. The summed E-state index contributed by atoms with van der Waals surface area (Å²) < 4.78 is 11.4. The van der Waals surface area contributed by atoms with Crippen LogP contribution in [0, 0.1) is 0 Å². The molecule has 7 heteroatoms. The van der Waals surface area contributed by atoms with E-state index in [-0.39, 0.29) is 5.91 Å². The molecule has 0 aromatic carbocycles. The summed E-state index contributed by atoms with van der Waals surface area (Å²) in [4.78, 5) is 23.4. The van der Waals surface area contributed by atoms with E-state index in [4.69, 9.17) is 15.2 Å². The van der Waals surface area contributed by atoms with Crippen molar-refractivity contribution in [3.63, 3.8) is 0 Å². The lowest BCUT2D eigenvalue weighted by atomic mass is 10.3. The molecule has 1 aromatic rings. The average Bonchev–Trinajstić information content (AvgIpc) is 2.68. The van der Waals surface area contributed by atoms with Gasteiger partial charge in [-0.2, -0.15) is 0 Å². The molecule has 0 aliphatic heterocycles. The first kappa shape index (κ1) is 15.0. The zero-order valence-corrected chi connectivity index (χ0v) is 11.3. The van der Waals surface area contributed by atoms with E-state index in [2.05, 4.69) is 5.32 Å². The number of nitrogen functional groups attached to an aromatic ring is 1. The Morgan fingerprint density at radius 2 is 2.21 bits per heavy atom. The van der Waals surface area contributed by atoms with Gasteiger partial charge in [0.1, 0.15) is 5.69 Å². The Labute approximate surface area is 111 Å². The third kappa shape index (κ3) is 4.29. The van der Waals surface area contributed by atoms with Crippen molar-refractivity contribution in [2.75, 3.05) is 26.0 Å². The van der Waals surface area contributed by atoms with Crippen molar-refractivity contribution in [2.45, 2.75) is 13.0 Å². The van der Waals surface area contributed by atoms with Crippen LogP contribution < -0.4 is 11.1 Å². The smallest absolute Gasteiger partial charge is 0.355 e. The molecule has 106 valence electrons. The van der Waals surface area contributed by atoms with Gasteiger partial charge in [0.05, 0.1) is 12.3 Å². The lowest BCUT2D eigenvalue weighted by molar-refractivity contribution is -0.129. The van der Waals surface area contributed by atoms with Crippen molar-refractivity contribution >= 4 is 17.6 Å². The van der Waals surface area contributed by atoms with Gasteiger partial charge in [-0.3, -0.25) is 4.79 Å². The number of amides is 1. The van der Waals surface area contributed by atoms with E-state index >= 15 is 0 Å². The summed E-state index contributed by atoms with van der Waals surface area (Å²) >= 11 is 0. The summed E-state index contributed by atoms with van der Waals surface area (Å²) in [6, 6.07) is 1.50. The van der Waals surface area contributed by atoms with Crippen LogP contribution >= 0.6 is 0 Å². The minimum Gasteiger partial charge on any atom is -0.448 e. The van der Waals surface area contributed by atoms with Gasteiger partial charge in [0, 0.05) is 26.9 Å². The number of ether oxygens (including phenoxy) is 2. The Morgan fingerprint density at radius 1 is 1.53 bits per heavy atom. The number of rotatable bonds is 6. The molecule has 0 spiro atoms. The Bertz CT molecular complexity index is 456. The van der Waals surface area contributed by atoms with E-state index in [1.165, 1.54) is 20.1 Å². The van der Waals surface area contributed by atoms with Crippen molar-refractivity contribution < 1.29 is 19.1 Å². The largest absolute Gasteiger partial charge is 0.448 e. The van der Waals surface area contributed by atoms with E-state index in [0.29, 0.717) is 24.5 Å². The van der Waals surface area contributed by atoms with Gasteiger partial charge < -0.3 is 25.1 Å². The maximum atomic E-state index is 11.8. The van der Waals surface area contributed by atoms with Crippen LogP contribution in [0.15, 0.2) is 12.3 Å². The molecule has 0 bridgehead atoms. The maximum absolute atomic E-state index is 11.8. The van der Waals surface area contributed by atoms with Crippen LogP contribution in [0.2, 0.25) is 0 Å². The molecule has 1 amide bonds. The number of hydrogen-bond donors (Lipinski definition) is 2. The van der Waals surface area contributed by atoms with Crippen LogP contribution in [0.3, 0.4) is 0 Å². The van der Waals surface area contributed by atoms with E-state index in [0.717, 1.165) is 0 Å². The van der Waals surface area contributed by atoms with Crippen molar-refractivity contribution in [1.82, 2.24) is 9.88 Å². The molecule has 1 aromatic heterocycles. The monoisotopic (exact) mass is 269 g/mol. The molecular weight excluding hydrogens is 250 g/mol. The summed E-state index contributed by atoms with van der Waals surface area (Å²) in [5, 5.41) is 2.59. The minimum atomic E-state index is -0.875. The number of carbonyl (C=O) groups is 2. The van der Waals surface area contributed by atoms with Gasteiger partial charge in [-0.25, -0.2) is 4.79 Å². The fourth-order valence-electron chi connectivity index (χ4n) is 1.49. The van der Waals surface area contributed by atoms with Crippen LogP contribution in [0.1, 0.15) is 17.4 Å². The second-order valence-electron chi connectivity index (χ2n) is 4.10. The maximum Gasteiger partial charge on any atom is 0.355 e. The summed E-state index contributed by atoms with van der Waals surface area (Å²) in [7, 11) is 3.21. The van der Waals surface area contributed by atoms with Crippen LogP contribution in [0.5, 0.6) is 0 Å². The zero-order valence-electron chi connectivity index (χ0n) is 11.3. The molecule has 1 rings (SSSR count). The van der Waals surface area contributed by atoms with Gasteiger partial charge >= 0.3 is 5.97 Å². The van der Waals surface area contributed by atoms with Crippen LogP contribution in [-0.4, -0.2) is 42.8 Å². The standard InChI is InChI=1S/C12H19N3O4/c1-8(11(16)14-4-5-18-3)19-12(17)10-6-9(13)7-15(10)2/h6-8H,4-5,13H2,1-3H3,(H,14,16). The van der Waals surface area contributed by atoms with Crippen LogP contribution in [0.25, 0.3) is 0 Å². The SMILES string of the molecule is COCCNC(=O)C(C)OC(=O)c1cc(N)cn1C. The highest BCUT2D eigenvalue weighted by Crippen LogP contribution is 2.11. The number of nitrogens with zero attached hydrogens (tertiary/aromatic N) is 1. The molecular formula is C12H19N3O4. The number of anilines is 1. The zero-order chi connectivity index (χ0) is 14.4. The fourth-order valence-corrected chi connectivity index (χ4v) is 1.49. The predicted octanol–water partition coefficient (Wildman–Crippen LogP) is -0.0848. The van der Waals surface area contributed by atoms with Crippen molar-refractivity contribution in [3.05, 3.63) is 18.0 Å². The van der Waals surface area contributed by atoms with Gasteiger partial charge in [0.25, 0.3) is 5.91 Å². The molecule has 0 saturated heterocycles. The topological polar surface area (TPSA) is 95.6 Å². The van der Waals surface area contributed by atoms with Crippen molar-refractivity contribution in [2.24, 2.45) is 7.05 Å². The molecule has 1 atom stereocenters. The van der Waals surface area contributed by atoms with Gasteiger partial charge in [0.15, 0.2) is 6.10 Å². The quantitative estimate of drug-likeness (QED) is 0.556. The molecule has 0 fully saturated rings. The molecule has 19 heavy (non-hydrogen) atoms.